The molecule has 0 fully saturated rings. The summed E-state index contributed by atoms with van der Waals surface area (Å²) in [6, 6.07) is 2.01. The summed E-state index contributed by atoms with van der Waals surface area (Å²) in [5.41, 5.74) is -3.59. The normalized spacial score (nSPS) is 11.0. The second kappa shape index (κ2) is 4.10. The Hall–Kier alpha value is -1.61. The first-order valence-corrected chi connectivity index (χ1v) is 4.16. The van der Waals surface area contributed by atoms with Gasteiger partial charge in [0.1, 0.15) is 17.4 Å². The van der Waals surface area contributed by atoms with E-state index in [1.54, 1.807) is 0 Å². The number of benzene rings is 1. The zero-order valence-corrected chi connectivity index (χ0v) is 8.16. The van der Waals surface area contributed by atoms with E-state index in [0.29, 0.717) is 12.1 Å². The van der Waals surface area contributed by atoms with Crippen LogP contribution < -0.4 is 0 Å². The van der Waals surface area contributed by atoms with Crippen LogP contribution in [0.15, 0.2) is 12.1 Å². The number of nitrogens with zero attached hydrogens (tertiary/aromatic N) is 1. The first-order chi connectivity index (χ1) is 7.29. The Kier molecular flexibility index (Phi) is 3.19. The van der Waals surface area contributed by atoms with Gasteiger partial charge in [-0.1, -0.05) is 0 Å². The van der Waals surface area contributed by atoms with E-state index in [-0.39, 0.29) is 0 Å². The number of alkyl halides is 3. The maximum atomic E-state index is 13.0. The van der Waals surface area contributed by atoms with Crippen molar-refractivity contribution in [3.63, 3.8) is 0 Å². The van der Waals surface area contributed by atoms with Gasteiger partial charge in [-0.3, -0.25) is 4.79 Å². The summed E-state index contributed by atoms with van der Waals surface area (Å²) < 4.78 is 50.2. The molecule has 1 aromatic carbocycles. The average molecular weight is 252 g/mol. The largest absolute Gasteiger partial charge is 0.417 e. The molecule has 0 atom stereocenters. The Morgan fingerprint density at radius 1 is 1.38 bits per heavy atom. The highest BCUT2D eigenvalue weighted by molar-refractivity contribution is 6.68. The summed E-state index contributed by atoms with van der Waals surface area (Å²) in [6.45, 7) is 0. The van der Waals surface area contributed by atoms with Crippen LogP contribution in [0, 0.1) is 17.1 Å². The van der Waals surface area contributed by atoms with Gasteiger partial charge in [-0.2, -0.15) is 18.4 Å². The summed E-state index contributed by atoms with van der Waals surface area (Å²) in [5.74, 6) is -1.22. The van der Waals surface area contributed by atoms with Crippen LogP contribution >= 0.6 is 11.6 Å². The lowest BCUT2D eigenvalue weighted by Gasteiger charge is -2.11. The summed E-state index contributed by atoms with van der Waals surface area (Å²) in [5, 5.41) is 6.95. The molecular formula is C9H2ClF4NO. The highest BCUT2D eigenvalue weighted by Crippen LogP contribution is 2.34. The van der Waals surface area contributed by atoms with Crippen LogP contribution in [-0.2, 0) is 6.18 Å². The summed E-state index contributed by atoms with van der Waals surface area (Å²) in [7, 11) is 0. The van der Waals surface area contributed by atoms with Gasteiger partial charge >= 0.3 is 6.18 Å². The SMILES string of the molecule is N#Cc1c(F)ccc(C(F)(F)F)c1C(=O)Cl. The van der Waals surface area contributed by atoms with Crippen molar-refractivity contribution in [3.8, 4) is 6.07 Å². The van der Waals surface area contributed by atoms with Crippen molar-refractivity contribution >= 4 is 16.8 Å². The van der Waals surface area contributed by atoms with Crippen LogP contribution in [0.1, 0.15) is 21.5 Å². The fourth-order valence-corrected chi connectivity index (χ4v) is 1.32. The van der Waals surface area contributed by atoms with Crippen molar-refractivity contribution in [1.29, 1.82) is 5.26 Å². The molecule has 0 aromatic heterocycles. The van der Waals surface area contributed by atoms with Gasteiger partial charge in [0.25, 0.3) is 5.24 Å². The van der Waals surface area contributed by atoms with Gasteiger partial charge in [-0.05, 0) is 23.7 Å². The van der Waals surface area contributed by atoms with Crippen LogP contribution in [0.25, 0.3) is 0 Å². The highest BCUT2D eigenvalue weighted by atomic mass is 35.5. The molecule has 7 heteroatoms. The maximum absolute atomic E-state index is 13.0. The third-order valence-corrected chi connectivity index (χ3v) is 1.96. The Bertz CT molecular complexity index is 490. The standard InChI is InChI=1S/C9H2ClF4NO/c10-8(16)7-4(3-15)6(11)2-1-5(7)9(12,13)14/h1-2H. The molecule has 0 saturated carbocycles. The van der Waals surface area contributed by atoms with Crippen molar-refractivity contribution in [2.45, 2.75) is 6.18 Å². The predicted molar refractivity (Wildman–Crippen MR) is 46.3 cm³/mol. The third-order valence-electron chi connectivity index (χ3n) is 1.77. The van der Waals surface area contributed by atoms with Crippen molar-refractivity contribution in [2.75, 3.05) is 0 Å². The highest BCUT2D eigenvalue weighted by Gasteiger charge is 2.37. The van der Waals surface area contributed by atoms with E-state index in [0.717, 1.165) is 0 Å². The van der Waals surface area contributed by atoms with Crippen molar-refractivity contribution in [1.82, 2.24) is 0 Å². The molecule has 84 valence electrons. The Morgan fingerprint density at radius 3 is 2.31 bits per heavy atom. The summed E-state index contributed by atoms with van der Waals surface area (Å²) in [4.78, 5) is 10.8. The number of carbonyl (C=O) groups is 1. The molecule has 0 aliphatic rings. The molecule has 0 unspecified atom stereocenters. The van der Waals surface area contributed by atoms with Crippen LogP contribution in [-0.4, -0.2) is 5.24 Å². The van der Waals surface area contributed by atoms with Crippen LogP contribution in [0.2, 0.25) is 0 Å². The van der Waals surface area contributed by atoms with Gasteiger partial charge < -0.3 is 0 Å². The zero-order chi connectivity index (χ0) is 12.5. The molecular weight excluding hydrogens is 250 g/mol. The minimum absolute atomic E-state index is 0.367. The van der Waals surface area contributed by atoms with Crippen LogP contribution in [0.5, 0.6) is 0 Å². The number of hydrogen-bond acceptors (Lipinski definition) is 2. The number of hydrogen-bond donors (Lipinski definition) is 0. The molecule has 2 nitrogen and oxygen atoms in total. The van der Waals surface area contributed by atoms with Gasteiger partial charge in [-0.15, -0.1) is 0 Å². The Balaban J connectivity index is 3.67. The predicted octanol–water partition coefficient (Wildman–Crippen LogP) is 3.10. The fourth-order valence-electron chi connectivity index (χ4n) is 1.13. The lowest BCUT2D eigenvalue weighted by atomic mass is 10.0. The Labute approximate surface area is 92.0 Å². The smallest absolute Gasteiger partial charge is 0.276 e. The van der Waals surface area contributed by atoms with Crippen LogP contribution in [0.4, 0.5) is 17.6 Å². The quantitative estimate of drug-likeness (QED) is 0.568. The second-order valence-corrected chi connectivity index (χ2v) is 3.07. The van der Waals surface area contributed by atoms with E-state index in [4.69, 9.17) is 16.9 Å². The summed E-state index contributed by atoms with van der Waals surface area (Å²) in [6.07, 6.45) is -4.88. The molecule has 16 heavy (non-hydrogen) atoms. The minimum atomic E-state index is -4.88. The van der Waals surface area contributed by atoms with Gasteiger partial charge in [-0.25, -0.2) is 4.39 Å². The van der Waals surface area contributed by atoms with E-state index < -0.39 is 33.9 Å². The molecule has 0 N–H and O–H groups in total. The van der Waals surface area contributed by atoms with Crippen molar-refractivity contribution in [2.24, 2.45) is 0 Å². The first-order valence-electron chi connectivity index (χ1n) is 3.78. The molecule has 0 heterocycles. The van der Waals surface area contributed by atoms with E-state index in [2.05, 4.69) is 0 Å². The molecule has 1 aromatic rings. The zero-order valence-electron chi connectivity index (χ0n) is 7.40. The summed E-state index contributed by atoms with van der Waals surface area (Å²) >= 11 is 4.91. The molecule has 0 bridgehead atoms. The fraction of sp³-hybridized carbons (Fsp3) is 0.111. The average Bonchev–Trinajstić information content (AvgIpc) is 2.14. The number of nitriles is 1. The van der Waals surface area contributed by atoms with Gasteiger partial charge in [0.2, 0.25) is 0 Å². The van der Waals surface area contributed by atoms with E-state index in [9.17, 15) is 22.4 Å². The van der Waals surface area contributed by atoms with Gasteiger partial charge in [0.05, 0.1) is 11.1 Å². The topological polar surface area (TPSA) is 40.9 Å². The number of carbonyl (C=O) groups excluding carboxylic acids is 1. The third kappa shape index (κ3) is 2.14. The van der Waals surface area contributed by atoms with Crippen molar-refractivity contribution in [3.05, 3.63) is 34.6 Å². The molecule has 0 saturated heterocycles. The van der Waals surface area contributed by atoms with Gasteiger partial charge in [0, 0.05) is 0 Å². The first kappa shape index (κ1) is 12.5. The minimum Gasteiger partial charge on any atom is -0.276 e. The molecule has 0 amide bonds. The van der Waals surface area contributed by atoms with E-state index in [1.165, 1.54) is 6.07 Å². The molecule has 0 spiro atoms. The molecule has 0 aliphatic heterocycles. The van der Waals surface area contributed by atoms with Gasteiger partial charge in [0.15, 0.2) is 0 Å². The monoisotopic (exact) mass is 251 g/mol. The van der Waals surface area contributed by atoms with Crippen LogP contribution in [0.3, 0.4) is 0 Å². The second-order valence-electron chi connectivity index (χ2n) is 2.73. The molecule has 0 aliphatic carbocycles. The number of rotatable bonds is 1. The maximum Gasteiger partial charge on any atom is 0.417 e. The molecule has 0 radical (unpaired) electrons. The lowest BCUT2D eigenvalue weighted by Crippen LogP contribution is -2.13. The molecule has 1 rings (SSSR count). The number of halogens is 5. The van der Waals surface area contributed by atoms with Crippen molar-refractivity contribution < 1.29 is 22.4 Å². The van der Waals surface area contributed by atoms with E-state index in [1.807, 2.05) is 0 Å². The van der Waals surface area contributed by atoms with E-state index >= 15 is 0 Å². The Morgan fingerprint density at radius 2 is 1.94 bits per heavy atom. The lowest BCUT2D eigenvalue weighted by molar-refractivity contribution is -0.137.